The van der Waals surface area contributed by atoms with Crippen LogP contribution in [0.3, 0.4) is 0 Å². The molecule has 1 aliphatic heterocycles. The van der Waals surface area contributed by atoms with Gasteiger partial charge in [0.15, 0.2) is 5.79 Å². The molecule has 0 amide bonds. The Morgan fingerprint density at radius 1 is 1.44 bits per heavy atom. The van der Waals surface area contributed by atoms with Crippen LogP contribution >= 0.6 is 0 Å². The fourth-order valence-electron chi connectivity index (χ4n) is 2.84. The predicted octanol–water partition coefficient (Wildman–Crippen LogP) is 2.40. The molecule has 0 radical (unpaired) electrons. The largest absolute Gasteiger partial charge is 0.469 e. The molecular weight excluding hydrogens is 230 g/mol. The lowest BCUT2D eigenvalue weighted by Gasteiger charge is -2.24. The summed E-state index contributed by atoms with van der Waals surface area (Å²) >= 11 is 0. The van der Waals surface area contributed by atoms with Crippen LogP contribution in [0.2, 0.25) is 0 Å². The van der Waals surface area contributed by atoms with E-state index in [1.165, 1.54) is 18.4 Å². The molecule has 0 saturated carbocycles. The summed E-state index contributed by atoms with van der Waals surface area (Å²) in [5.74, 6) is 0.711. The van der Waals surface area contributed by atoms with Gasteiger partial charge in [-0.1, -0.05) is 0 Å². The van der Waals surface area contributed by atoms with E-state index < -0.39 is 5.79 Å². The van der Waals surface area contributed by atoms with Crippen molar-refractivity contribution in [2.24, 2.45) is 0 Å². The summed E-state index contributed by atoms with van der Waals surface area (Å²) in [6, 6.07) is 2.49. The van der Waals surface area contributed by atoms with Gasteiger partial charge in [0, 0.05) is 24.6 Å². The van der Waals surface area contributed by atoms with Crippen molar-refractivity contribution < 1.29 is 13.9 Å². The normalized spacial score (nSPS) is 30.3. The van der Waals surface area contributed by atoms with Gasteiger partial charge in [0.25, 0.3) is 0 Å². The second kappa shape index (κ2) is 4.68. The van der Waals surface area contributed by atoms with Crippen LogP contribution in [-0.4, -0.2) is 25.0 Å². The van der Waals surface area contributed by atoms with Gasteiger partial charge in [-0.2, -0.15) is 0 Å². The lowest BCUT2D eigenvalue weighted by atomic mass is 9.93. The molecule has 2 atom stereocenters. The molecule has 1 aromatic rings. The third-order valence-corrected chi connectivity index (χ3v) is 3.71. The first-order chi connectivity index (χ1) is 8.64. The second-order valence-corrected chi connectivity index (χ2v) is 5.60. The molecule has 2 heterocycles. The van der Waals surface area contributed by atoms with E-state index in [0.29, 0.717) is 12.6 Å². The highest BCUT2D eigenvalue weighted by molar-refractivity contribution is 5.24. The molecule has 3 rings (SSSR count). The highest BCUT2D eigenvalue weighted by atomic mass is 16.7. The van der Waals surface area contributed by atoms with Crippen LogP contribution in [0.1, 0.15) is 44.1 Å². The molecule has 0 aromatic carbocycles. The van der Waals surface area contributed by atoms with E-state index in [2.05, 4.69) is 11.4 Å². The van der Waals surface area contributed by atoms with E-state index in [-0.39, 0.29) is 6.10 Å². The van der Waals surface area contributed by atoms with E-state index >= 15 is 0 Å². The third-order valence-electron chi connectivity index (χ3n) is 3.71. The van der Waals surface area contributed by atoms with Crippen molar-refractivity contribution >= 4 is 0 Å². The van der Waals surface area contributed by atoms with Crippen molar-refractivity contribution in [1.29, 1.82) is 0 Å². The summed E-state index contributed by atoms with van der Waals surface area (Å²) in [6.07, 6.45) is 5.37. The molecular formula is C14H21NO3. The molecule has 2 aliphatic rings. The maximum Gasteiger partial charge on any atom is 0.163 e. The zero-order valence-corrected chi connectivity index (χ0v) is 11.1. The molecule has 4 heteroatoms. The van der Waals surface area contributed by atoms with Crippen LogP contribution in [0.5, 0.6) is 0 Å². The summed E-state index contributed by atoms with van der Waals surface area (Å²) < 4.78 is 16.9. The van der Waals surface area contributed by atoms with E-state index in [1.54, 1.807) is 6.26 Å². The number of ether oxygens (including phenoxy) is 2. The first kappa shape index (κ1) is 12.2. The summed E-state index contributed by atoms with van der Waals surface area (Å²) in [7, 11) is 0. The molecule has 2 unspecified atom stereocenters. The van der Waals surface area contributed by atoms with E-state index in [9.17, 15) is 0 Å². The summed E-state index contributed by atoms with van der Waals surface area (Å²) in [5.41, 5.74) is 1.32. The van der Waals surface area contributed by atoms with Crippen molar-refractivity contribution in [2.75, 3.05) is 13.2 Å². The van der Waals surface area contributed by atoms with Crippen LogP contribution < -0.4 is 5.32 Å². The van der Waals surface area contributed by atoms with E-state index in [4.69, 9.17) is 13.9 Å². The fourth-order valence-corrected chi connectivity index (χ4v) is 2.84. The Hall–Kier alpha value is -0.840. The summed E-state index contributed by atoms with van der Waals surface area (Å²) in [5, 5.41) is 3.58. The second-order valence-electron chi connectivity index (χ2n) is 5.60. The van der Waals surface area contributed by atoms with Gasteiger partial charge in [0.05, 0.1) is 19.0 Å². The van der Waals surface area contributed by atoms with Crippen molar-refractivity contribution in [1.82, 2.24) is 5.32 Å². The zero-order valence-electron chi connectivity index (χ0n) is 11.1. The lowest BCUT2D eigenvalue weighted by molar-refractivity contribution is -0.137. The van der Waals surface area contributed by atoms with Gasteiger partial charge >= 0.3 is 0 Å². The van der Waals surface area contributed by atoms with Gasteiger partial charge in [0.2, 0.25) is 0 Å². The average molecular weight is 251 g/mol. The molecule has 1 saturated heterocycles. The zero-order chi connectivity index (χ0) is 12.6. The number of rotatable bonds is 3. The quantitative estimate of drug-likeness (QED) is 0.896. The number of nitrogens with one attached hydrogen (secondary N) is 1. The van der Waals surface area contributed by atoms with Gasteiger partial charge in [-0.3, -0.25) is 0 Å². The lowest BCUT2D eigenvalue weighted by Crippen LogP contribution is -2.34. The number of hydrogen-bond acceptors (Lipinski definition) is 4. The topological polar surface area (TPSA) is 43.6 Å². The van der Waals surface area contributed by atoms with Crippen LogP contribution in [0, 0.1) is 0 Å². The monoisotopic (exact) mass is 251 g/mol. The van der Waals surface area contributed by atoms with Crippen LogP contribution in [0.15, 0.2) is 16.7 Å². The summed E-state index contributed by atoms with van der Waals surface area (Å²) in [6.45, 7) is 5.42. The minimum absolute atomic E-state index is 0.150. The minimum Gasteiger partial charge on any atom is -0.469 e. The Morgan fingerprint density at radius 3 is 3.11 bits per heavy atom. The molecule has 1 aromatic heterocycles. The number of fused-ring (bicyclic) bond motifs is 1. The number of furan rings is 1. The van der Waals surface area contributed by atoms with Gasteiger partial charge in [0.1, 0.15) is 5.76 Å². The van der Waals surface area contributed by atoms with Crippen molar-refractivity contribution in [3.8, 4) is 0 Å². The van der Waals surface area contributed by atoms with Crippen LogP contribution in [-0.2, 0) is 15.9 Å². The van der Waals surface area contributed by atoms with Crippen molar-refractivity contribution in [3.05, 3.63) is 23.7 Å². The van der Waals surface area contributed by atoms with Crippen LogP contribution in [0.25, 0.3) is 0 Å². The van der Waals surface area contributed by atoms with Gasteiger partial charge in [-0.15, -0.1) is 0 Å². The standard InChI is InChI=1S/C14H21NO3/c1-14(2)17-9-10(18-14)8-15-12-4-3-5-13-11(12)6-7-16-13/h6-7,10,12,15H,3-5,8-9H2,1-2H3. The number of aryl methyl sites for hydroxylation is 1. The number of hydrogen-bond donors (Lipinski definition) is 1. The Labute approximate surface area is 108 Å². The molecule has 18 heavy (non-hydrogen) atoms. The first-order valence-electron chi connectivity index (χ1n) is 6.75. The molecule has 0 spiro atoms. The smallest absolute Gasteiger partial charge is 0.163 e. The molecule has 0 bridgehead atoms. The SMILES string of the molecule is CC1(C)OCC(CNC2CCCc3occc32)O1. The van der Waals surface area contributed by atoms with E-state index in [1.807, 2.05) is 13.8 Å². The van der Waals surface area contributed by atoms with Gasteiger partial charge in [-0.25, -0.2) is 0 Å². The molecule has 1 N–H and O–H groups in total. The highest BCUT2D eigenvalue weighted by Crippen LogP contribution is 2.30. The fraction of sp³-hybridized carbons (Fsp3) is 0.714. The molecule has 4 nitrogen and oxygen atoms in total. The highest BCUT2D eigenvalue weighted by Gasteiger charge is 2.33. The van der Waals surface area contributed by atoms with Crippen molar-refractivity contribution in [3.63, 3.8) is 0 Å². The Balaban J connectivity index is 1.56. The summed E-state index contributed by atoms with van der Waals surface area (Å²) in [4.78, 5) is 0. The maximum atomic E-state index is 5.80. The van der Waals surface area contributed by atoms with Gasteiger partial charge < -0.3 is 19.2 Å². The van der Waals surface area contributed by atoms with Gasteiger partial charge in [-0.05, 0) is 32.8 Å². The average Bonchev–Trinajstić information content (AvgIpc) is 2.92. The third kappa shape index (κ3) is 2.46. The predicted molar refractivity (Wildman–Crippen MR) is 67.3 cm³/mol. The maximum absolute atomic E-state index is 5.80. The van der Waals surface area contributed by atoms with E-state index in [0.717, 1.165) is 18.7 Å². The van der Waals surface area contributed by atoms with Crippen molar-refractivity contribution in [2.45, 2.75) is 51.0 Å². The minimum atomic E-state index is -0.431. The molecule has 1 fully saturated rings. The first-order valence-corrected chi connectivity index (χ1v) is 6.75. The molecule has 1 aliphatic carbocycles. The molecule has 100 valence electrons. The Morgan fingerprint density at radius 2 is 2.33 bits per heavy atom. The Kier molecular flexibility index (Phi) is 3.18. The Bertz CT molecular complexity index is 413. The van der Waals surface area contributed by atoms with Crippen LogP contribution in [0.4, 0.5) is 0 Å².